The van der Waals surface area contributed by atoms with Crippen LogP contribution in [-0.4, -0.2) is 4.92 Å². The average Bonchev–Trinajstić information content (AvgIpc) is 2.42. The summed E-state index contributed by atoms with van der Waals surface area (Å²) in [6, 6.07) is 9.77. The third kappa shape index (κ3) is 2.93. The van der Waals surface area contributed by atoms with E-state index in [1.165, 1.54) is 24.3 Å². The fourth-order valence-electron chi connectivity index (χ4n) is 1.93. The fraction of sp³-hybridized carbons (Fsp3) is 0.143. The maximum absolute atomic E-state index is 13.6. The lowest BCUT2D eigenvalue weighted by Gasteiger charge is -2.11. The minimum Gasteiger partial charge on any atom is -0.258 e. The van der Waals surface area contributed by atoms with E-state index in [0.29, 0.717) is 5.56 Å². The molecule has 1 unspecified atom stereocenters. The first kappa shape index (κ1) is 14.4. The van der Waals surface area contributed by atoms with Gasteiger partial charge in [0.25, 0.3) is 5.69 Å². The Balaban J connectivity index is 2.30. The third-order valence-corrected chi connectivity index (χ3v) is 3.30. The Kier molecular flexibility index (Phi) is 4.29. The van der Waals surface area contributed by atoms with Crippen molar-refractivity contribution in [2.45, 2.75) is 11.8 Å². The van der Waals surface area contributed by atoms with Crippen molar-refractivity contribution in [2.75, 3.05) is 0 Å². The first-order valence-corrected chi connectivity index (χ1v) is 6.24. The lowest BCUT2D eigenvalue weighted by atomic mass is 10.0. The van der Waals surface area contributed by atoms with Crippen LogP contribution in [0.4, 0.5) is 14.5 Å². The largest absolute Gasteiger partial charge is 0.272 e. The second-order valence-electron chi connectivity index (χ2n) is 4.20. The van der Waals surface area contributed by atoms with Crippen LogP contribution in [0.5, 0.6) is 0 Å². The number of alkyl halides is 1. The summed E-state index contributed by atoms with van der Waals surface area (Å²) in [4.78, 5) is 10.4. The van der Waals surface area contributed by atoms with Crippen LogP contribution in [0.25, 0.3) is 0 Å². The Bertz CT molecular complexity index is 649. The molecule has 2 rings (SSSR count). The Hall–Kier alpha value is -2.01. The Labute approximate surface area is 119 Å². The normalized spacial score (nSPS) is 12.2. The molecular formula is C14H10ClF2NO2. The quantitative estimate of drug-likeness (QED) is 0.477. The van der Waals surface area contributed by atoms with E-state index < -0.39 is 21.9 Å². The fourth-order valence-corrected chi connectivity index (χ4v) is 2.26. The van der Waals surface area contributed by atoms with Gasteiger partial charge in [0.1, 0.15) is 0 Å². The third-order valence-electron chi connectivity index (χ3n) is 2.91. The molecule has 104 valence electrons. The number of halogens is 3. The smallest absolute Gasteiger partial charge is 0.258 e. The number of rotatable bonds is 4. The van der Waals surface area contributed by atoms with E-state index >= 15 is 0 Å². The van der Waals surface area contributed by atoms with Gasteiger partial charge in [-0.05, 0) is 12.5 Å². The second kappa shape index (κ2) is 5.96. The van der Waals surface area contributed by atoms with E-state index in [1.54, 1.807) is 12.1 Å². The molecule has 0 amide bonds. The van der Waals surface area contributed by atoms with Crippen LogP contribution < -0.4 is 0 Å². The van der Waals surface area contributed by atoms with Gasteiger partial charge in [-0.1, -0.05) is 30.3 Å². The van der Waals surface area contributed by atoms with Gasteiger partial charge in [-0.15, -0.1) is 11.6 Å². The van der Waals surface area contributed by atoms with Crippen molar-refractivity contribution < 1.29 is 13.7 Å². The lowest BCUT2D eigenvalue weighted by Crippen LogP contribution is -2.03. The molecule has 0 aliphatic rings. The van der Waals surface area contributed by atoms with Crippen LogP contribution in [0.1, 0.15) is 16.5 Å². The predicted octanol–water partition coefficient (Wildman–Crippen LogP) is 4.40. The molecule has 0 saturated heterocycles. The summed E-state index contributed by atoms with van der Waals surface area (Å²) in [5.74, 6) is -2.01. The van der Waals surface area contributed by atoms with Crippen molar-refractivity contribution >= 4 is 17.3 Å². The van der Waals surface area contributed by atoms with Crippen molar-refractivity contribution in [3.8, 4) is 0 Å². The molecule has 0 heterocycles. The lowest BCUT2D eigenvalue weighted by molar-refractivity contribution is -0.385. The van der Waals surface area contributed by atoms with E-state index in [9.17, 15) is 18.9 Å². The number of hydrogen-bond donors (Lipinski definition) is 0. The number of benzene rings is 2. The first-order chi connectivity index (χ1) is 9.50. The SMILES string of the molecule is O=[N+]([O-])c1ccccc1CC(Cl)c1cccc(F)c1F. The highest BCUT2D eigenvalue weighted by Crippen LogP contribution is 2.31. The monoisotopic (exact) mass is 297 g/mol. The molecule has 2 aromatic carbocycles. The Morgan fingerprint density at radius 2 is 1.85 bits per heavy atom. The van der Waals surface area contributed by atoms with Gasteiger partial charge in [0, 0.05) is 17.2 Å². The van der Waals surface area contributed by atoms with Crippen LogP contribution in [0.2, 0.25) is 0 Å². The molecule has 3 nitrogen and oxygen atoms in total. The first-order valence-electron chi connectivity index (χ1n) is 5.81. The molecule has 0 fully saturated rings. The standard InChI is InChI=1S/C14H10ClF2NO2/c15-11(10-5-3-6-12(16)14(10)17)8-9-4-1-2-7-13(9)18(19)20/h1-7,11H,8H2. The Morgan fingerprint density at radius 3 is 2.55 bits per heavy atom. The predicted molar refractivity (Wildman–Crippen MR) is 71.8 cm³/mol. The van der Waals surface area contributed by atoms with Crippen LogP contribution in [0, 0.1) is 21.7 Å². The summed E-state index contributed by atoms with van der Waals surface area (Å²) in [7, 11) is 0. The van der Waals surface area contributed by atoms with Crippen LogP contribution in [0.15, 0.2) is 42.5 Å². The summed E-state index contributed by atoms with van der Waals surface area (Å²) < 4.78 is 26.8. The molecule has 0 aliphatic heterocycles. The highest BCUT2D eigenvalue weighted by Gasteiger charge is 2.20. The molecule has 2 aromatic rings. The van der Waals surface area contributed by atoms with Gasteiger partial charge < -0.3 is 0 Å². The van der Waals surface area contributed by atoms with Crippen molar-refractivity contribution in [3.05, 3.63) is 75.3 Å². The molecule has 0 radical (unpaired) electrons. The molecular weight excluding hydrogens is 288 g/mol. The summed E-state index contributed by atoms with van der Waals surface area (Å²) in [6.07, 6.45) is 0.0408. The van der Waals surface area contributed by atoms with Gasteiger partial charge in [0.2, 0.25) is 0 Å². The molecule has 6 heteroatoms. The highest BCUT2D eigenvalue weighted by molar-refractivity contribution is 6.21. The van der Waals surface area contributed by atoms with Gasteiger partial charge in [0.15, 0.2) is 11.6 Å². The summed E-state index contributed by atoms with van der Waals surface area (Å²) in [5, 5.41) is 10.0. The van der Waals surface area contributed by atoms with Gasteiger partial charge in [-0.25, -0.2) is 8.78 Å². The van der Waals surface area contributed by atoms with Gasteiger partial charge >= 0.3 is 0 Å². The van der Waals surface area contributed by atoms with Crippen molar-refractivity contribution in [1.82, 2.24) is 0 Å². The molecule has 0 aromatic heterocycles. The maximum Gasteiger partial charge on any atom is 0.272 e. The van der Waals surface area contributed by atoms with Crippen molar-refractivity contribution in [1.29, 1.82) is 0 Å². The zero-order chi connectivity index (χ0) is 14.7. The number of nitro benzene ring substituents is 1. The van der Waals surface area contributed by atoms with E-state index in [4.69, 9.17) is 11.6 Å². The topological polar surface area (TPSA) is 43.1 Å². The van der Waals surface area contributed by atoms with Crippen LogP contribution in [0.3, 0.4) is 0 Å². The van der Waals surface area contributed by atoms with Crippen molar-refractivity contribution in [2.24, 2.45) is 0 Å². The molecule has 0 N–H and O–H groups in total. The van der Waals surface area contributed by atoms with E-state index in [1.807, 2.05) is 0 Å². The number of hydrogen-bond acceptors (Lipinski definition) is 2. The summed E-state index contributed by atoms with van der Waals surface area (Å²) in [6.45, 7) is 0. The van der Waals surface area contributed by atoms with Crippen LogP contribution >= 0.6 is 11.6 Å². The van der Waals surface area contributed by atoms with Gasteiger partial charge in [-0.3, -0.25) is 10.1 Å². The maximum atomic E-state index is 13.6. The zero-order valence-corrected chi connectivity index (χ0v) is 11.0. The number of para-hydroxylation sites is 1. The molecule has 0 aliphatic carbocycles. The number of nitrogens with zero attached hydrogens (tertiary/aromatic N) is 1. The van der Waals surface area contributed by atoms with E-state index in [0.717, 1.165) is 6.07 Å². The second-order valence-corrected chi connectivity index (χ2v) is 4.73. The Morgan fingerprint density at radius 1 is 1.15 bits per heavy atom. The minimum atomic E-state index is -1.02. The van der Waals surface area contributed by atoms with Gasteiger partial charge in [0.05, 0.1) is 10.3 Å². The van der Waals surface area contributed by atoms with Gasteiger partial charge in [-0.2, -0.15) is 0 Å². The molecule has 20 heavy (non-hydrogen) atoms. The minimum absolute atomic E-state index is 0.00943. The highest BCUT2D eigenvalue weighted by atomic mass is 35.5. The molecule has 0 saturated carbocycles. The molecule has 0 spiro atoms. The molecule has 1 atom stereocenters. The van der Waals surface area contributed by atoms with Crippen LogP contribution in [-0.2, 0) is 6.42 Å². The van der Waals surface area contributed by atoms with E-state index in [2.05, 4.69) is 0 Å². The number of nitro groups is 1. The molecule has 0 bridgehead atoms. The van der Waals surface area contributed by atoms with E-state index in [-0.39, 0.29) is 17.7 Å². The average molecular weight is 298 g/mol. The zero-order valence-electron chi connectivity index (χ0n) is 10.2. The van der Waals surface area contributed by atoms with Crippen molar-refractivity contribution in [3.63, 3.8) is 0 Å². The summed E-state index contributed by atoms with van der Waals surface area (Å²) >= 11 is 6.07. The summed E-state index contributed by atoms with van der Waals surface area (Å²) in [5.41, 5.74) is 0.279.